The van der Waals surface area contributed by atoms with Gasteiger partial charge >= 0.3 is 0 Å². The summed E-state index contributed by atoms with van der Waals surface area (Å²) in [5.74, 6) is 5.64. The molecule has 7 heteroatoms. The fourth-order valence-corrected chi connectivity index (χ4v) is 2.47. The molecular weight excluding hydrogens is 272 g/mol. The van der Waals surface area contributed by atoms with Crippen molar-refractivity contribution in [3.8, 4) is 0 Å². The standard InChI is InChI=1S/C14H18N4O3/c15-16-10-3-6-13(18(20)21)12(7-10)14(19)17(11-4-5-11)8-9-1-2-9/h3,6-7,9,11,16H,1-2,4-5,8,15H2. The zero-order valence-corrected chi connectivity index (χ0v) is 11.6. The second-order valence-corrected chi connectivity index (χ2v) is 5.77. The van der Waals surface area contributed by atoms with Gasteiger partial charge in [-0.25, -0.2) is 0 Å². The van der Waals surface area contributed by atoms with Crippen molar-refractivity contribution in [1.82, 2.24) is 4.90 Å². The molecule has 3 rings (SSSR count). The predicted molar refractivity (Wildman–Crippen MR) is 77.7 cm³/mol. The van der Waals surface area contributed by atoms with Crippen molar-refractivity contribution < 1.29 is 9.72 Å². The predicted octanol–water partition coefficient (Wildman–Crippen LogP) is 1.90. The molecule has 2 aliphatic rings. The largest absolute Gasteiger partial charge is 0.335 e. The lowest BCUT2D eigenvalue weighted by molar-refractivity contribution is -0.385. The van der Waals surface area contributed by atoms with Crippen molar-refractivity contribution in [3.63, 3.8) is 0 Å². The molecule has 0 saturated heterocycles. The normalized spacial score (nSPS) is 17.4. The van der Waals surface area contributed by atoms with E-state index in [0.717, 1.165) is 25.7 Å². The van der Waals surface area contributed by atoms with E-state index in [1.54, 1.807) is 4.90 Å². The van der Waals surface area contributed by atoms with Crippen LogP contribution in [0.5, 0.6) is 0 Å². The first-order valence-corrected chi connectivity index (χ1v) is 7.16. The minimum Gasteiger partial charge on any atom is -0.335 e. The number of hydrazine groups is 1. The number of nitrogens with two attached hydrogens (primary N) is 1. The van der Waals surface area contributed by atoms with Crippen LogP contribution in [-0.4, -0.2) is 28.3 Å². The van der Waals surface area contributed by atoms with Gasteiger partial charge in [-0.05, 0) is 43.7 Å². The topological polar surface area (TPSA) is 101 Å². The highest BCUT2D eigenvalue weighted by Gasteiger charge is 2.38. The first-order valence-electron chi connectivity index (χ1n) is 7.16. The summed E-state index contributed by atoms with van der Waals surface area (Å²) in [6.45, 7) is 0.709. The maximum atomic E-state index is 12.7. The Morgan fingerprint density at radius 1 is 1.38 bits per heavy atom. The molecule has 0 aliphatic heterocycles. The van der Waals surface area contributed by atoms with Gasteiger partial charge in [-0.2, -0.15) is 0 Å². The fraction of sp³-hybridized carbons (Fsp3) is 0.500. The number of rotatable bonds is 6. The number of nitro groups is 1. The van der Waals surface area contributed by atoms with Gasteiger partial charge < -0.3 is 10.3 Å². The van der Waals surface area contributed by atoms with Crippen LogP contribution in [-0.2, 0) is 0 Å². The molecule has 0 radical (unpaired) electrons. The van der Waals surface area contributed by atoms with E-state index < -0.39 is 4.92 Å². The molecule has 2 fully saturated rings. The Morgan fingerprint density at radius 2 is 2.10 bits per heavy atom. The molecule has 2 aliphatic carbocycles. The van der Waals surface area contributed by atoms with Crippen LogP contribution in [0.15, 0.2) is 18.2 Å². The number of nitrogens with zero attached hydrogens (tertiary/aromatic N) is 2. The molecule has 3 N–H and O–H groups in total. The highest BCUT2D eigenvalue weighted by atomic mass is 16.6. The molecule has 112 valence electrons. The van der Waals surface area contributed by atoms with Crippen molar-refractivity contribution in [3.05, 3.63) is 33.9 Å². The molecule has 0 aromatic heterocycles. The van der Waals surface area contributed by atoms with Crippen molar-refractivity contribution in [2.24, 2.45) is 11.8 Å². The Bertz CT molecular complexity index is 582. The van der Waals surface area contributed by atoms with E-state index >= 15 is 0 Å². The van der Waals surface area contributed by atoms with Gasteiger partial charge in [0.05, 0.1) is 4.92 Å². The van der Waals surface area contributed by atoms with Crippen LogP contribution in [0.3, 0.4) is 0 Å². The Morgan fingerprint density at radius 3 is 2.62 bits per heavy atom. The van der Waals surface area contributed by atoms with E-state index in [1.165, 1.54) is 18.2 Å². The molecule has 1 aromatic rings. The van der Waals surface area contributed by atoms with Gasteiger partial charge in [0.1, 0.15) is 5.56 Å². The number of carbonyl (C=O) groups is 1. The molecule has 0 heterocycles. The molecule has 0 bridgehead atoms. The SMILES string of the molecule is NNc1ccc([N+](=O)[O-])c(C(=O)N(CC2CC2)C2CC2)c1. The number of nitro benzene ring substituents is 1. The smallest absolute Gasteiger partial charge is 0.282 e. The summed E-state index contributed by atoms with van der Waals surface area (Å²) in [6.07, 6.45) is 4.26. The number of amides is 1. The van der Waals surface area contributed by atoms with Crippen LogP contribution >= 0.6 is 0 Å². The minimum atomic E-state index is -0.518. The molecule has 2 saturated carbocycles. The lowest BCUT2D eigenvalue weighted by Crippen LogP contribution is -2.35. The first kappa shape index (κ1) is 13.8. The van der Waals surface area contributed by atoms with Crippen LogP contribution in [0.4, 0.5) is 11.4 Å². The van der Waals surface area contributed by atoms with E-state index in [1.807, 2.05) is 0 Å². The van der Waals surface area contributed by atoms with Gasteiger partial charge in [-0.15, -0.1) is 0 Å². The van der Waals surface area contributed by atoms with Crippen LogP contribution in [0.1, 0.15) is 36.0 Å². The zero-order chi connectivity index (χ0) is 15.0. The molecule has 1 amide bonds. The Kier molecular flexibility index (Phi) is 3.50. The van der Waals surface area contributed by atoms with Gasteiger partial charge in [0, 0.05) is 24.3 Å². The van der Waals surface area contributed by atoms with E-state index in [4.69, 9.17) is 5.84 Å². The molecule has 0 atom stereocenters. The molecule has 21 heavy (non-hydrogen) atoms. The number of hydrogen-bond donors (Lipinski definition) is 2. The molecule has 1 aromatic carbocycles. The second-order valence-electron chi connectivity index (χ2n) is 5.77. The number of nitrogen functional groups attached to an aromatic ring is 1. The quantitative estimate of drug-likeness (QED) is 0.473. The van der Waals surface area contributed by atoms with Crippen molar-refractivity contribution in [2.75, 3.05) is 12.0 Å². The molecular formula is C14H18N4O3. The van der Waals surface area contributed by atoms with E-state index in [9.17, 15) is 14.9 Å². The number of anilines is 1. The van der Waals surface area contributed by atoms with Gasteiger partial charge in [-0.1, -0.05) is 0 Å². The lowest BCUT2D eigenvalue weighted by atomic mass is 10.1. The summed E-state index contributed by atoms with van der Waals surface area (Å²) in [7, 11) is 0. The van der Waals surface area contributed by atoms with Gasteiger partial charge in [-0.3, -0.25) is 20.8 Å². The van der Waals surface area contributed by atoms with Crippen molar-refractivity contribution in [2.45, 2.75) is 31.7 Å². The number of benzene rings is 1. The lowest BCUT2D eigenvalue weighted by Gasteiger charge is -2.22. The number of carbonyl (C=O) groups excluding carboxylic acids is 1. The summed E-state index contributed by atoms with van der Waals surface area (Å²) >= 11 is 0. The summed E-state index contributed by atoms with van der Waals surface area (Å²) in [5, 5.41) is 11.2. The van der Waals surface area contributed by atoms with Crippen LogP contribution in [0.25, 0.3) is 0 Å². The fourth-order valence-electron chi connectivity index (χ4n) is 2.47. The van der Waals surface area contributed by atoms with E-state index in [0.29, 0.717) is 18.2 Å². The second kappa shape index (κ2) is 5.33. The molecule has 7 nitrogen and oxygen atoms in total. The minimum absolute atomic E-state index is 0.114. The molecule has 0 unspecified atom stereocenters. The highest BCUT2D eigenvalue weighted by Crippen LogP contribution is 2.36. The summed E-state index contributed by atoms with van der Waals surface area (Å²) in [6, 6.07) is 4.53. The summed E-state index contributed by atoms with van der Waals surface area (Å²) in [5.41, 5.74) is 2.87. The summed E-state index contributed by atoms with van der Waals surface area (Å²) in [4.78, 5) is 25.2. The third kappa shape index (κ3) is 2.97. The number of nitrogens with one attached hydrogen (secondary N) is 1. The van der Waals surface area contributed by atoms with Crippen LogP contribution in [0.2, 0.25) is 0 Å². The maximum Gasteiger partial charge on any atom is 0.282 e. The monoisotopic (exact) mass is 290 g/mol. The average molecular weight is 290 g/mol. The highest BCUT2D eigenvalue weighted by molar-refractivity contribution is 5.99. The average Bonchev–Trinajstić information content (AvgIpc) is 3.36. The van der Waals surface area contributed by atoms with Gasteiger partial charge in [0.25, 0.3) is 11.6 Å². The third-order valence-electron chi connectivity index (χ3n) is 3.99. The molecule has 0 spiro atoms. The van der Waals surface area contributed by atoms with Gasteiger partial charge in [0.15, 0.2) is 0 Å². The van der Waals surface area contributed by atoms with Crippen LogP contribution < -0.4 is 11.3 Å². The van der Waals surface area contributed by atoms with Crippen molar-refractivity contribution in [1.29, 1.82) is 0 Å². The Hall–Kier alpha value is -2.15. The Labute approximate surface area is 122 Å². The third-order valence-corrected chi connectivity index (χ3v) is 3.99. The number of hydrogen-bond acceptors (Lipinski definition) is 5. The zero-order valence-electron chi connectivity index (χ0n) is 11.6. The van der Waals surface area contributed by atoms with Crippen molar-refractivity contribution >= 4 is 17.3 Å². The Balaban J connectivity index is 1.91. The maximum absolute atomic E-state index is 12.7. The van der Waals surface area contributed by atoms with E-state index in [-0.39, 0.29) is 23.2 Å². The van der Waals surface area contributed by atoms with Gasteiger partial charge in [0.2, 0.25) is 0 Å². The summed E-state index contributed by atoms with van der Waals surface area (Å²) < 4.78 is 0. The van der Waals surface area contributed by atoms with E-state index in [2.05, 4.69) is 5.43 Å². The first-order chi connectivity index (χ1) is 10.1. The van der Waals surface area contributed by atoms with Crippen LogP contribution in [0, 0.1) is 16.0 Å².